The summed E-state index contributed by atoms with van der Waals surface area (Å²) in [5.41, 5.74) is 10.3. The Kier molecular flexibility index (Phi) is 16.0. The molecule has 0 unspecified atom stereocenters. The predicted molar refractivity (Wildman–Crippen MR) is 208 cm³/mol. The van der Waals surface area contributed by atoms with Crippen molar-refractivity contribution in [3.05, 3.63) is 93.5 Å². The van der Waals surface area contributed by atoms with Gasteiger partial charge in [0.05, 0.1) is 24.2 Å². The number of aryl methyl sites for hydroxylation is 3. The second-order valence-corrected chi connectivity index (χ2v) is 35.3. The van der Waals surface area contributed by atoms with E-state index in [1.54, 1.807) is 36.3 Å². The Bertz CT molecular complexity index is 1520. The van der Waals surface area contributed by atoms with Crippen molar-refractivity contribution in [2.75, 3.05) is 0 Å². The summed E-state index contributed by atoms with van der Waals surface area (Å²) in [6.45, 7) is 39.0. The van der Waals surface area contributed by atoms with Crippen molar-refractivity contribution in [1.29, 1.82) is 0 Å². The third kappa shape index (κ3) is 8.51. The van der Waals surface area contributed by atoms with E-state index in [0.29, 0.717) is 0 Å². The fourth-order valence-corrected chi connectivity index (χ4v) is 17.1. The van der Waals surface area contributed by atoms with Gasteiger partial charge in [0, 0.05) is 0 Å². The van der Waals surface area contributed by atoms with E-state index in [-0.39, 0.29) is 58.9 Å². The van der Waals surface area contributed by atoms with Gasteiger partial charge in [0.1, 0.15) is 8.07 Å². The number of hydrogen-bond donors (Lipinski definition) is 0. The van der Waals surface area contributed by atoms with Gasteiger partial charge in [-0.2, -0.15) is 22.3 Å². The maximum Gasteiger partial charge on any atom is 4.00 e. The Labute approximate surface area is 325 Å². The van der Waals surface area contributed by atoms with Crippen molar-refractivity contribution < 1.29 is 58.9 Å². The molecule has 0 bridgehead atoms. The van der Waals surface area contributed by atoms with Gasteiger partial charge in [-0.1, -0.05) is 189 Å². The summed E-state index contributed by atoms with van der Waals surface area (Å²) in [6.07, 6.45) is 0. The molecule has 254 valence electrons. The molecule has 0 aliphatic heterocycles. The van der Waals surface area contributed by atoms with Gasteiger partial charge in [0.25, 0.3) is 0 Å². The van der Waals surface area contributed by atoms with Gasteiger partial charge < -0.3 is 37.2 Å². The van der Waals surface area contributed by atoms with Crippen LogP contribution in [-0.4, -0.2) is 32.3 Å². The van der Waals surface area contributed by atoms with Gasteiger partial charge in [-0.3, -0.25) is 0 Å². The molecule has 4 aromatic rings. The Hall–Kier alpha value is -0.538. The van der Waals surface area contributed by atoms with Crippen LogP contribution in [0, 0.1) is 48.5 Å². The van der Waals surface area contributed by atoms with Crippen molar-refractivity contribution in [3.8, 4) is 0 Å². The van der Waals surface area contributed by atoms with Crippen molar-refractivity contribution in [2.45, 2.75) is 107 Å². The first-order chi connectivity index (χ1) is 19.6. The summed E-state index contributed by atoms with van der Waals surface area (Å²) < 4.78 is 0. The average Bonchev–Trinajstić information content (AvgIpc) is 3.07. The van der Waals surface area contributed by atoms with Crippen LogP contribution in [0.3, 0.4) is 0 Å². The number of halogens is 3. The molecular weight excluding hydrogens is 735 g/mol. The van der Waals surface area contributed by atoms with Crippen LogP contribution < -0.4 is 73.5 Å². The average molecular weight is 792 g/mol. The molecule has 0 radical (unpaired) electrons. The van der Waals surface area contributed by atoms with Crippen molar-refractivity contribution in [3.63, 3.8) is 0 Å². The Morgan fingerprint density at radius 2 is 0.638 bits per heavy atom. The molecule has 8 heteroatoms. The molecule has 4 aromatic carbocycles. The molecule has 0 saturated heterocycles. The van der Waals surface area contributed by atoms with E-state index in [4.69, 9.17) is 0 Å². The van der Waals surface area contributed by atoms with Crippen LogP contribution in [0.5, 0.6) is 0 Å². The minimum Gasteiger partial charge on any atom is -1.00 e. The summed E-state index contributed by atoms with van der Waals surface area (Å²) in [7, 11) is -7.13. The van der Waals surface area contributed by atoms with Gasteiger partial charge in [-0.25, -0.2) is 0 Å². The minimum absolute atomic E-state index is 0. The molecule has 0 aromatic heterocycles. The van der Waals surface area contributed by atoms with Gasteiger partial charge in [0.15, 0.2) is 0 Å². The molecule has 47 heavy (non-hydrogen) atoms. The minimum atomic E-state index is -2.73. The van der Waals surface area contributed by atoms with Crippen LogP contribution in [0.2, 0.25) is 58.9 Å². The van der Waals surface area contributed by atoms with E-state index < -0.39 is 32.3 Å². The predicted octanol–water partition coefficient (Wildman–Crippen LogP) is -2.41. The summed E-state index contributed by atoms with van der Waals surface area (Å²) in [5.74, 6) is 0. The molecule has 0 saturated carbocycles. The molecule has 0 fully saturated rings. The maximum atomic E-state index is 2.57. The standard InChI is InChI=1S/C39H57Si4.3ClH.Ti/c1-26-23-33(40(8,9)10)17-20-36(26)43(39-31(6)29(4)30(5)32(39)7,37-21-18-34(24-27(37)2)41(11,12)13)38-22-19-35(25-28(38)3)42(14,15)16;;;;/h17-25H,1-16H3;3*1H;/q-1;;;;+4/p-3. The van der Waals surface area contributed by atoms with Gasteiger partial charge in [-0.05, 0) is 20.8 Å². The first-order valence-corrected chi connectivity index (χ1v) is 28.7. The second-order valence-electron chi connectivity index (χ2n) is 16.5. The monoisotopic (exact) mass is 790 g/mol. The van der Waals surface area contributed by atoms with E-state index in [1.807, 2.05) is 0 Å². The van der Waals surface area contributed by atoms with E-state index >= 15 is 0 Å². The maximum absolute atomic E-state index is 2.73. The van der Waals surface area contributed by atoms with Crippen molar-refractivity contribution in [2.24, 2.45) is 0 Å². The molecule has 0 spiro atoms. The SMILES string of the molecule is Cc1cc([Si](C)(C)C)ccc1[Si](c1ccc([Si](C)(C)C)cc1C)(c1ccc([Si](C)(C)C)cc1C)[c-]1c(C)c(C)c(C)c1C.[Cl-].[Cl-].[Cl-].[Ti+4]. The number of benzene rings is 3. The number of rotatable bonds is 7. The zero-order valence-corrected chi connectivity index (χ0v) is 39.7. The van der Waals surface area contributed by atoms with Gasteiger partial charge in [-0.15, -0.1) is 5.19 Å². The first kappa shape index (κ1) is 46.5. The van der Waals surface area contributed by atoms with Crippen LogP contribution in [0.1, 0.15) is 38.9 Å². The summed E-state index contributed by atoms with van der Waals surface area (Å²) >= 11 is 0. The molecule has 0 amide bonds. The third-order valence-electron chi connectivity index (χ3n) is 10.3. The topological polar surface area (TPSA) is 0 Å². The smallest absolute Gasteiger partial charge is 1.00 e. The summed E-state index contributed by atoms with van der Waals surface area (Å²) in [4.78, 5) is 0. The van der Waals surface area contributed by atoms with Crippen LogP contribution in [0.4, 0.5) is 0 Å². The van der Waals surface area contributed by atoms with Crippen LogP contribution in [0.15, 0.2) is 54.6 Å². The van der Waals surface area contributed by atoms with Gasteiger partial charge >= 0.3 is 21.7 Å². The fraction of sp³-hybridized carbons (Fsp3) is 0.410. The first-order valence-electron chi connectivity index (χ1n) is 16.2. The van der Waals surface area contributed by atoms with Crippen molar-refractivity contribution >= 4 is 68.6 Å². The summed E-state index contributed by atoms with van der Waals surface area (Å²) in [5, 5.41) is 11.0. The molecular formula is C39H57Cl3Si4Ti. The second kappa shape index (κ2) is 16.2. The van der Waals surface area contributed by atoms with Crippen molar-refractivity contribution in [1.82, 2.24) is 0 Å². The van der Waals surface area contributed by atoms with Gasteiger partial charge in [0.2, 0.25) is 0 Å². The van der Waals surface area contributed by atoms with E-state index in [0.717, 1.165) is 0 Å². The zero-order chi connectivity index (χ0) is 32.4. The van der Waals surface area contributed by atoms with E-state index in [9.17, 15) is 0 Å². The Balaban J connectivity index is 0.00000529. The molecule has 0 N–H and O–H groups in total. The normalized spacial score (nSPS) is 12.0. The molecule has 4 rings (SSSR count). The zero-order valence-electron chi connectivity index (χ0n) is 31.8. The molecule has 0 aliphatic carbocycles. The Morgan fingerprint density at radius 1 is 0.404 bits per heavy atom. The molecule has 0 nitrogen and oxygen atoms in total. The molecule has 0 aliphatic rings. The van der Waals surface area contributed by atoms with E-state index in [2.05, 4.69) is 162 Å². The number of hydrogen-bond acceptors (Lipinski definition) is 0. The molecule has 0 heterocycles. The van der Waals surface area contributed by atoms with Crippen LogP contribution in [0.25, 0.3) is 0 Å². The quantitative estimate of drug-likeness (QED) is 0.111. The third-order valence-corrected chi connectivity index (χ3v) is 22.0. The largest absolute Gasteiger partial charge is 4.00 e. The Morgan fingerprint density at radius 3 is 0.830 bits per heavy atom. The summed E-state index contributed by atoms with van der Waals surface area (Å²) in [6, 6.07) is 22.9. The van der Waals surface area contributed by atoms with Crippen LogP contribution >= 0.6 is 0 Å². The van der Waals surface area contributed by atoms with E-state index in [1.165, 1.54) is 38.9 Å². The fourth-order valence-electron chi connectivity index (χ4n) is 7.27. The van der Waals surface area contributed by atoms with Crippen LogP contribution in [-0.2, 0) is 21.7 Å². The molecule has 0 atom stereocenters.